The largest absolute Gasteiger partial charge is 0.486 e. The van der Waals surface area contributed by atoms with Gasteiger partial charge < -0.3 is 24.8 Å². The lowest BCUT2D eigenvalue weighted by Gasteiger charge is -2.53. The third-order valence-electron chi connectivity index (χ3n) is 8.68. The number of amides is 2. The Morgan fingerprint density at radius 3 is 2.56 bits per heavy atom. The number of likely N-dealkylation sites (tertiary alicyclic amines) is 1. The number of nitrogens with one attached hydrogen (secondary N) is 1. The Kier molecular flexibility index (Phi) is 7.72. The SMILES string of the molecule is CCCCN1C(=O)[C@@H]([C@H](O)C2CCCCC2)NC(=O)C12CCN(C[C@@H]1COc3ccccc3O1)CC2. The molecule has 0 bridgehead atoms. The van der Waals surface area contributed by atoms with Crippen molar-refractivity contribution in [2.75, 3.05) is 32.8 Å². The highest BCUT2D eigenvalue weighted by molar-refractivity contribution is 6.00. The second kappa shape index (κ2) is 11.0. The van der Waals surface area contributed by atoms with Crippen molar-refractivity contribution in [2.45, 2.75) is 88.5 Å². The van der Waals surface area contributed by atoms with Crippen molar-refractivity contribution in [2.24, 2.45) is 5.92 Å². The quantitative estimate of drug-likeness (QED) is 0.600. The highest BCUT2D eigenvalue weighted by atomic mass is 16.6. The van der Waals surface area contributed by atoms with Gasteiger partial charge in [-0.25, -0.2) is 0 Å². The molecule has 2 saturated heterocycles. The number of aliphatic hydroxyl groups excluding tert-OH is 1. The molecule has 3 aliphatic heterocycles. The Morgan fingerprint density at radius 1 is 1.11 bits per heavy atom. The molecule has 0 unspecified atom stereocenters. The average Bonchev–Trinajstić information content (AvgIpc) is 2.92. The summed E-state index contributed by atoms with van der Waals surface area (Å²) < 4.78 is 12.0. The number of aliphatic hydroxyl groups is 1. The zero-order valence-electron chi connectivity index (χ0n) is 21.5. The number of rotatable bonds is 7. The second-order valence-corrected chi connectivity index (χ2v) is 11.0. The molecule has 8 nitrogen and oxygen atoms in total. The second-order valence-electron chi connectivity index (χ2n) is 11.0. The molecule has 2 amide bonds. The van der Waals surface area contributed by atoms with Crippen molar-refractivity contribution < 1.29 is 24.2 Å². The third-order valence-corrected chi connectivity index (χ3v) is 8.68. The molecular formula is C28H41N3O5. The highest BCUT2D eigenvalue weighted by Crippen LogP contribution is 2.37. The van der Waals surface area contributed by atoms with Crippen LogP contribution in [0.5, 0.6) is 11.5 Å². The number of benzene rings is 1. The van der Waals surface area contributed by atoms with Crippen LogP contribution in [0, 0.1) is 5.92 Å². The Hall–Kier alpha value is -2.32. The van der Waals surface area contributed by atoms with Gasteiger partial charge in [-0.2, -0.15) is 0 Å². The molecular weight excluding hydrogens is 458 g/mol. The maximum atomic E-state index is 13.8. The summed E-state index contributed by atoms with van der Waals surface area (Å²) in [7, 11) is 0. The van der Waals surface area contributed by atoms with E-state index < -0.39 is 17.7 Å². The van der Waals surface area contributed by atoms with Gasteiger partial charge in [0.2, 0.25) is 11.8 Å². The van der Waals surface area contributed by atoms with Gasteiger partial charge in [-0.1, -0.05) is 44.7 Å². The van der Waals surface area contributed by atoms with Crippen molar-refractivity contribution in [1.29, 1.82) is 0 Å². The van der Waals surface area contributed by atoms with Crippen LogP contribution in [-0.2, 0) is 9.59 Å². The molecule has 2 N–H and O–H groups in total. The molecule has 8 heteroatoms. The molecule has 0 radical (unpaired) electrons. The fourth-order valence-corrected chi connectivity index (χ4v) is 6.50. The van der Waals surface area contributed by atoms with Gasteiger partial charge in [-0.15, -0.1) is 0 Å². The lowest BCUT2D eigenvalue weighted by molar-refractivity contribution is -0.166. The Bertz CT molecular complexity index is 926. The summed E-state index contributed by atoms with van der Waals surface area (Å²) >= 11 is 0. The van der Waals surface area contributed by atoms with Crippen molar-refractivity contribution in [1.82, 2.24) is 15.1 Å². The van der Waals surface area contributed by atoms with Gasteiger partial charge in [0.05, 0.1) is 6.10 Å². The van der Waals surface area contributed by atoms with Crippen LogP contribution in [0.1, 0.15) is 64.7 Å². The molecule has 36 heavy (non-hydrogen) atoms. The van der Waals surface area contributed by atoms with Crippen LogP contribution in [0.2, 0.25) is 0 Å². The molecule has 1 aromatic carbocycles. The Balaban J connectivity index is 1.24. The topological polar surface area (TPSA) is 91.3 Å². The van der Waals surface area contributed by atoms with Crippen molar-refractivity contribution >= 4 is 11.8 Å². The van der Waals surface area contributed by atoms with Gasteiger partial charge in [0, 0.05) is 26.2 Å². The number of carbonyl (C=O) groups excluding carboxylic acids is 2. The first-order valence-electron chi connectivity index (χ1n) is 13.9. The molecule has 4 aliphatic rings. The number of fused-ring (bicyclic) bond motifs is 1. The predicted octanol–water partition coefficient (Wildman–Crippen LogP) is 2.73. The van der Waals surface area contributed by atoms with E-state index in [1.807, 2.05) is 29.2 Å². The first-order chi connectivity index (χ1) is 17.5. The van der Waals surface area contributed by atoms with E-state index in [4.69, 9.17) is 9.47 Å². The van der Waals surface area contributed by atoms with Gasteiger partial charge in [-0.05, 0) is 50.2 Å². The van der Waals surface area contributed by atoms with Crippen LogP contribution >= 0.6 is 0 Å². The van der Waals surface area contributed by atoms with Crippen LogP contribution in [0.25, 0.3) is 0 Å². The molecule has 1 spiro atoms. The number of piperidine rings is 1. The molecule has 3 atom stereocenters. The highest BCUT2D eigenvalue weighted by Gasteiger charge is 2.55. The van der Waals surface area contributed by atoms with Crippen LogP contribution in [-0.4, -0.2) is 83.3 Å². The third kappa shape index (κ3) is 4.94. The van der Waals surface area contributed by atoms with Crippen molar-refractivity contribution in [3.63, 3.8) is 0 Å². The van der Waals surface area contributed by atoms with Gasteiger partial charge >= 0.3 is 0 Å². The molecule has 198 valence electrons. The molecule has 1 aromatic rings. The van der Waals surface area contributed by atoms with E-state index in [2.05, 4.69) is 17.1 Å². The lowest BCUT2D eigenvalue weighted by atomic mass is 9.78. The molecule has 3 heterocycles. The summed E-state index contributed by atoms with van der Waals surface area (Å²) in [6.07, 6.45) is 7.29. The minimum Gasteiger partial charge on any atom is -0.486 e. The van der Waals surface area contributed by atoms with E-state index in [0.717, 1.165) is 56.6 Å². The fourth-order valence-electron chi connectivity index (χ4n) is 6.50. The van der Waals surface area contributed by atoms with Crippen LogP contribution in [0.15, 0.2) is 24.3 Å². The predicted molar refractivity (Wildman–Crippen MR) is 136 cm³/mol. The summed E-state index contributed by atoms with van der Waals surface area (Å²) in [6.45, 7) is 5.30. The minimum atomic E-state index is -0.831. The fraction of sp³-hybridized carbons (Fsp3) is 0.714. The lowest BCUT2D eigenvalue weighted by Crippen LogP contribution is -2.75. The smallest absolute Gasteiger partial charge is 0.248 e. The molecule has 1 aliphatic carbocycles. The molecule has 0 aromatic heterocycles. The summed E-state index contributed by atoms with van der Waals surface area (Å²) in [5.41, 5.74) is -0.831. The van der Waals surface area contributed by atoms with Crippen LogP contribution < -0.4 is 14.8 Å². The maximum absolute atomic E-state index is 13.8. The number of hydrogen-bond acceptors (Lipinski definition) is 6. The van der Waals surface area contributed by atoms with Gasteiger partial charge in [0.1, 0.15) is 24.3 Å². The summed E-state index contributed by atoms with van der Waals surface area (Å²) in [5, 5.41) is 14.1. The summed E-state index contributed by atoms with van der Waals surface area (Å²) in [6, 6.07) is 6.89. The number of para-hydroxylation sites is 2. The first kappa shape index (κ1) is 25.3. The van der Waals surface area contributed by atoms with Gasteiger partial charge in [-0.3, -0.25) is 14.5 Å². The first-order valence-corrected chi connectivity index (χ1v) is 13.9. The summed E-state index contributed by atoms with van der Waals surface area (Å²) in [5.74, 6) is 1.44. The van der Waals surface area contributed by atoms with Gasteiger partial charge in [0.25, 0.3) is 0 Å². The molecule has 3 fully saturated rings. The van der Waals surface area contributed by atoms with Crippen LogP contribution in [0.3, 0.4) is 0 Å². The standard InChI is InChI=1S/C28H41N3O5/c1-2-3-15-31-26(33)24(25(32)20-9-5-4-6-10-20)29-27(34)28(31)13-16-30(17-14-28)18-21-19-35-22-11-7-8-12-23(22)36-21/h7-8,11-12,20-21,24-25,32H,2-6,9-10,13-19H2,1H3,(H,29,34)/t21-,24-,25-/m1/s1. The zero-order valence-corrected chi connectivity index (χ0v) is 21.5. The van der Waals surface area contributed by atoms with E-state index in [1.165, 1.54) is 6.42 Å². The van der Waals surface area contributed by atoms with E-state index in [9.17, 15) is 14.7 Å². The average molecular weight is 500 g/mol. The maximum Gasteiger partial charge on any atom is 0.248 e. The van der Waals surface area contributed by atoms with Gasteiger partial charge in [0.15, 0.2) is 11.5 Å². The van der Waals surface area contributed by atoms with Crippen LogP contribution in [0.4, 0.5) is 0 Å². The number of nitrogens with zero attached hydrogens (tertiary/aromatic N) is 2. The van der Waals surface area contributed by atoms with E-state index in [-0.39, 0.29) is 23.8 Å². The molecule has 5 rings (SSSR count). The number of hydrogen-bond donors (Lipinski definition) is 2. The number of ether oxygens (including phenoxy) is 2. The van der Waals surface area contributed by atoms with Crippen molar-refractivity contribution in [3.8, 4) is 11.5 Å². The zero-order chi connectivity index (χ0) is 25.1. The van der Waals surface area contributed by atoms with Crippen molar-refractivity contribution in [3.05, 3.63) is 24.3 Å². The normalized spacial score (nSPS) is 27.7. The Morgan fingerprint density at radius 2 is 1.83 bits per heavy atom. The van der Waals surface area contributed by atoms with E-state index in [0.29, 0.717) is 39.1 Å². The minimum absolute atomic E-state index is 0.0676. The number of carbonyl (C=O) groups is 2. The Labute approximate surface area is 214 Å². The summed E-state index contributed by atoms with van der Waals surface area (Å²) in [4.78, 5) is 31.5. The molecule has 1 saturated carbocycles. The number of unbranched alkanes of at least 4 members (excludes halogenated alkanes) is 1. The monoisotopic (exact) mass is 499 g/mol. The van der Waals surface area contributed by atoms with E-state index >= 15 is 0 Å². The van der Waals surface area contributed by atoms with E-state index in [1.54, 1.807) is 0 Å². The number of piperazine rings is 1.